The van der Waals surface area contributed by atoms with Crippen LogP contribution in [0.2, 0.25) is 0 Å². The average molecular weight is 201 g/mol. The van der Waals surface area contributed by atoms with E-state index in [2.05, 4.69) is 34.4 Å². The van der Waals surface area contributed by atoms with Crippen LogP contribution in [0.3, 0.4) is 0 Å². The number of hydrogen-bond donors (Lipinski definition) is 1. The van der Waals surface area contributed by atoms with Crippen molar-refractivity contribution in [3.63, 3.8) is 0 Å². The van der Waals surface area contributed by atoms with Crippen LogP contribution in [0, 0.1) is 0 Å². The quantitative estimate of drug-likeness (QED) is 0.685. The molecular formula is C4H9BrS2. The SMILES string of the molecule is CCC(S)CSBr. The summed E-state index contributed by atoms with van der Waals surface area (Å²) in [5.74, 6) is 1.10. The zero-order valence-corrected chi connectivity index (χ0v) is 7.52. The lowest BCUT2D eigenvalue weighted by atomic mass is 10.4. The van der Waals surface area contributed by atoms with Crippen LogP contribution in [0.1, 0.15) is 13.3 Å². The second-order valence-corrected chi connectivity index (χ2v) is 3.99. The molecule has 0 saturated carbocycles. The minimum Gasteiger partial charge on any atom is -0.175 e. The molecule has 0 aromatic carbocycles. The Morgan fingerprint density at radius 3 is 2.57 bits per heavy atom. The van der Waals surface area contributed by atoms with Crippen molar-refractivity contribution in [2.75, 3.05) is 5.75 Å². The Morgan fingerprint density at radius 2 is 2.43 bits per heavy atom. The van der Waals surface area contributed by atoms with E-state index in [4.69, 9.17) is 0 Å². The van der Waals surface area contributed by atoms with E-state index >= 15 is 0 Å². The van der Waals surface area contributed by atoms with E-state index in [1.807, 2.05) is 0 Å². The van der Waals surface area contributed by atoms with Gasteiger partial charge in [0.1, 0.15) is 0 Å². The molecule has 0 fully saturated rings. The van der Waals surface area contributed by atoms with Crippen LogP contribution < -0.4 is 0 Å². The fourth-order valence-corrected chi connectivity index (χ4v) is 2.37. The predicted molar refractivity (Wildman–Crippen MR) is 44.5 cm³/mol. The molecule has 0 nitrogen and oxygen atoms in total. The van der Waals surface area contributed by atoms with E-state index in [9.17, 15) is 0 Å². The minimum absolute atomic E-state index is 0.560. The first-order valence-corrected chi connectivity index (χ1v) is 5.57. The summed E-state index contributed by atoms with van der Waals surface area (Å²) in [7, 11) is 1.67. The highest BCUT2D eigenvalue weighted by atomic mass is 79.9. The van der Waals surface area contributed by atoms with Crippen LogP contribution in [-0.2, 0) is 0 Å². The molecule has 7 heavy (non-hydrogen) atoms. The van der Waals surface area contributed by atoms with Gasteiger partial charge in [0, 0.05) is 11.0 Å². The van der Waals surface area contributed by atoms with Gasteiger partial charge in [-0.05, 0) is 21.2 Å². The number of hydrogen-bond acceptors (Lipinski definition) is 2. The van der Waals surface area contributed by atoms with Crippen molar-refractivity contribution in [3.8, 4) is 0 Å². The van der Waals surface area contributed by atoms with Gasteiger partial charge in [0.2, 0.25) is 0 Å². The van der Waals surface area contributed by atoms with E-state index in [1.54, 1.807) is 10.2 Å². The van der Waals surface area contributed by atoms with Crippen molar-refractivity contribution < 1.29 is 0 Å². The highest BCUT2D eigenvalue weighted by molar-refractivity contribution is 9.50. The minimum atomic E-state index is 0.560. The standard InChI is InChI=1S/C4H9BrS2/c1-2-4(6)3-7-5/h4,6H,2-3H2,1H3. The van der Waals surface area contributed by atoms with E-state index < -0.39 is 0 Å². The Morgan fingerprint density at radius 1 is 1.86 bits per heavy atom. The fourth-order valence-electron chi connectivity index (χ4n) is 0.191. The molecule has 0 aliphatic heterocycles. The third-order valence-electron chi connectivity index (χ3n) is 0.727. The van der Waals surface area contributed by atoms with Gasteiger partial charge in [-0.2, -0.15) is 12.6 Å². The van der Waals surface area contributed by atoms with Crippen molar-refractivity contribution in [1.82, 2.24) is 0 Å². The number of thiol groups is 1. The summed E-state index contributed by atoms with van der Waals surface area (Å²) in [5.41, 5.74) is 0. The van der Waals surface area contributed by atoms with E-state index in [0.717, 1.165) is 12.2 Å². The van der Waals surface area contributed by atoms with E-state index in [1.165, 1.54) is 0 Å². The highest BCUT2D eigenvalue weighted by Crippen LogP contribution is 2.15. The monoisotopic (exact) mass is 200 g/mol. The van der Waals surface area contributed by atoms with E-state index in [-0.39, 0.29) is 0 Å². The molecule has 0 rings (SSSR count). The third kappa shape index (κ3) is 5.04. The van der Waals surface area contributed by atoms with Crippen molar-refractivity contribution in [2.45, 2.75) is 18.6 Å². The summed E-state index contributed by atoms with van der Waals surface area (Å²) >= 11 is 7.52. The van der Waals surface area contributed by atoms with Crippen LogP contribution in [0.15, 0.2) is 0 Å². The fraction of sp³-hybridized carbons (Fsp3) is 1.00. The Hall–Kier alpha value is 1.18. The molecule has 44 valence electrons. The topological polar surface area (TPSA) is 0 Å². The maximum atomic E-state index is 4.26. The van der Waals surface area contributed by atoms with Crippen molar-refractivity contribution >= 4 is 37.6 Å². The zero-order chi connectivity index (χ0) is 5.70. The average Bonchev–Trinajstić information content (AvgIpc) is 1.68. The first-order valence-electron chi connectivity index (χ1n) is 2.22. The van der Waals surface area contributed by atoms with Crippen molar-refractivity contribution in [2.24, 2.45) is 0 Å². The molecule has 0 aromatic rings. The smallest absolute Gasteiger partial charge is 0.0159 e. The Bertz CT molecular complexity index is 40.7. The second kappa shape index (κ2) is 5.32. The highest BCUT2D eigenvalue weighted by Gasteiger charge is 1.95. The van der Waals surface area contributed by atoms with Gasteiger partial charge in [-0.15, -0.1) is 0 Å². The molecule has 0 spiro atoms. The Labute approximate surface area is 62.1 Å². The summed E-state index contributed by atoms with van der Waals surface area (Å²) in [6.45, 7) is 2.14. The molecule has 0 aliphatic carbocycles. The van der Waals surface area contributed by atoms with Crippen LogP contribution in [0.25, 0.3) is 0 Å². The van der Waals surface area contributed by atoms with Crippen LogP contribution in [0.5, 0.6) is 0 Å². The maximum absolute atomic E-state index is 4.26. The molecule has 1 atom stereocenters. The van der Waals surface area contributed by atoms with Gasteiger partial charge < -0.3 is 0 Å². The second-order valence-electron chi connectivity index (χ2n) is 1.34. The van der Waals surface area contributed by atoms with Gasteiger partial charge in [-0.3, -0.25) is 0 Å². The molecule has 0 aromatic heterocycles. The number of halogens is 1. The largest absolute Gasteiger partial charge is 0.175 e. The van der Waals surface area contributed by atoms with Gasteiger partial charge in [0.05, 0.1) is 0 Å². The van der Waals surface area contributed by atoms with Gasteiger partial charge >= 0.3 is 0 Å². The van der Waals surface area contributed by atoms with Gasteiger partial charge in [0.15, 0.2) is 0 Å². The predicted octanol–water partition coefficient (Wildman–Crippen LogP) is 2.74. The first kappa shape index (κ1) is 8.18. The summed E-state index contributed by atoms with van der Waals surface area (Å²) < 4.78 is 0. The Kier molecular flexibility index (Phi) is 6.22. The van der Waals surface area contributed by atoms with Gasteiger partial charge in [0.25, 0.3) is 0 Å². The van der Waals surface area contributed by atoms with Crippen molar-refractivity contribution in [1.29, 1.82) is 0 Å². The summed E-state index contributed by atoms with van der Waals surface area (Å²) in [4.78, 5) is 0. The molecule has 0 heterocycles. The Balaban J connectivity index is 2.83. The van der Waals surface area contributed by atoms with E-state index in [0.29, 0.717) is 5.25 Å². The lowest BCUT2D eigenvalue weighted by molar-refractivity contribution is 0.926. The molecular weight excluding hydrogens is 192 g/mol. The third-order valence-corrected chi connectivity index (χ3v) is 2.84. The molecule has 0 amide bonds. The van der Waals surface area contributed by atoms with Gasteiger partial charge in [-0.25, -0.2) is 0 Å². The lowest BCUT2D eigenvalue weighted by Gasteiger charge is -2.00. The molecule has 0 saturated heterocycles. The van der Waals surface area contributed by atoms with Crippen molar-refractivity contribution in [3.05, 3.63) is 0 Å². The first-order chi connectivity index (χ1) is 3.31. The molecule has 0 bridgehead atoms. The lowest BCUT2D eigenvalue weighted by Crippen LogP contribution is -1.96. The number of rotatable bonds is 3. The maximum Gasteiger partial charge on any atom is 0.0159 e. The normalized spacial score (nSPS) is 14.1. The van der Waals surface area contributed by atoms with Crippen LogP contribution in [0.4, 0.5) is 0 Å². The molecule has 3 heteroatoms. The molecule has 0 N–H and O–H groups in total. The summed E-state index contributed by atoms with van der Waals surface area (Å²) in [6.07, 6.45) is 1.15. The van der Waals surface area contributed by atoms with Crippen LogP contribution >= 0.6 is 37.6 Å². The van der Waals surface area contributed by atoms with Gasteiger partial charge in [-0.1, -0.05) is 17.1 Å². The summed E-state index contributed by atoms with van der Waals surface area (Å²) in [5, 5.41) is 0.560. The molecule has 1 unspecified atom stereocenters. The molecule has 0 radical (unpaired) electrons. The van der Waals surface area contributed by atoms with Crippen LogP contribution in [-0.4, -0.2) is 11.0 Å². The molecule has 0 aliphatic rings. The summed E-state index contributed by atoms with van der Waals surface area (Å²) in [6, 6.07) is 0. The zero-order valence-electron chi connectivity index (χ0n) is 4.22.